The van der Waals surface area contributed by atoms with Gasteiger partial charge in [0.2, 0.25) is 0 Å². The molecule has 1 heterocycles. The zero-order valence-corrected chi connectivity index (χ0v) is 14.1. The fourth-order valence-corrected chi connectivity index (χ4v) is 3.47. The fourth-order valence-electron chi connectivity index (χ4n) is 3.47. The average Bonchev–Trinajstić information content (AvgIpc) is 2.87. The molecule has 1 atom stereocenters. The second kappa shape index (κ2) is 6.42. The molecule has 0 N–H and O–H groups in total. The maximum Gasteiger partial charge on any atom is 0.123 e. The summed E-state index contributed by atoms with van der Waals surface area (Å²) in [5.41, 5.74) is 4.32. The van der Waals surface area contributed by atoms with Gasteiger partial charge in [0, 0.05) is 0 Å². The summed E-state index contributed by atoms with van der Waals surface area (Å²) in [7, 11) is 4.16. The van der Waals surface area contributed by atoms with Crippen LogP contribution in [-0.2, 0) is 16.9 Å². The van der Waals surface area contributed by atoms with Gasteiger partial charge in [-0.15, -0.1) is 0 Å². The van der Waals surface area contributed by atoms with Crippen LogP contribution in [0.4, 0.5) is 4.39 Å². The number of rotatable bonds is 5. The van der Waals surface area contributed by atoms with Crippen molar-refractivity contribution in [3.8, 4) is 0 Å². The van der Waals surface area contributed by atoms with Crippen LogP contribution in [0.15, 0.2) is 42.5 Å². The number of benzene rings is 2. The third-order valence-corrected chi connectivity index (χ3v) is 4.61. The Hall–Kier alpha value is -1.71. The van der Waals surface area contributed by atoms with Gasteiger partial charge in [-0.25, -0.2) is 4.39 Å². The Bertz CT molecular complexity index is 681. The molecule has 3 heteroatoms. The van der Waals surface area contributed by atoms with Crippen LogP contribution >= 0.6 is 0 Å². The van der Waals surface area contributed by atoms with Crippen molar-refractivity contribution in [2.24, 2.45) is 0 Å². The highest BCUT2D eigenvalue weighted by Crippen LogP contribution is 2.45. The Morgan fingerprint density at radius 1 is 1.13 bits per heavy atom. The molecule has 0 fully saturated rings. The summed E-state index contributed by atoms with van der Waals surface area (Å²) < 4.78 is 19.7. The summed E-state index contributed by atoms with van der Waals surface area (Å²) in [6, 6.07) is 13.3. The van der Waals surface area contributed by atoms with E-state index < -0.39 is 5.60 Å². The van der Waals surface area contributed by atoms with Crippen molar-refractivity contribution in [1.82, 2.24) is 4.90 Å². The third-order valence-electron chi connectivity index (χ3n) is 4.61. The van der Waals surface area contributed by atoms with E-state index in [1.807, 2.05) is 12.1 Å². The summed E-state index contributed by atoms with van der Waals surface area (Å²) in [5, 5.41) is 0. The largest absolute Gasteiger partial charge is 0.361 e. The van der Waals surface area contributed by atoms with Crippen LogP contribution in [0.1, 0.15) is 35.1 Å². The van der Waals surface area contributed by atoms with Crippen molar-refractivity contribution in [3.63, 3.8) is 0 Å². The molecule has 0 aromatic heterocycles. The van der Waals surface area contributed by atoms with Gasteiger partial charge in [0.25, 0.3) is 0 Å². The first-order valence-electron chi connectivity index (χ1n) is 8.16. The van der Waals surface area contributed by atoms with E-state index in [-0.39, 0.29) is 5.82 Å². The number of hydrogen-bond acceptors (Lipinski definition) is 2. The molecule has 0 radical (unpaired) electrons. The number of nitrogens with zero attached hydrogens (tertiary/aromatic N) is 1. The van der Waals surface area contributed by atoms with E-state index in [2.05, 4.69) is 44.1 Å². The molecule has 0 unspecified atom stereocenters. The second-order valence-corrected chi connectivity index (χ2v) is 6.69. The molecule has 2 aromatic carbocycles. The third kappa shape index (κ3) is 3.17. The molecule has 3 rings (SSSR count). The number of hydrogen-bond donors (Lipinski definition) is 0. The lowest BCUT2D eigenvalue weighted by atomic mass is 9.81. The molecule has 1 aliphatic heterocycles. The summed E-state index contributed by atoms with van der Waals surface area (Å²) in [6.45, 7) is 3.73. The second-order valence-electron chi connectivity index (χ2n) is 6.69. The standard InChI is InChI=1S/C20H24FNO/c1-15-5-10-19-16(13-15)14-23-20(19,11-4-12-22(2)3)17-6-8-18(21)9-7-17/h5-10,13H,4,11-12,14H2,1-3H3/t20-/m0/s1. The van der Waals surface area contributed by atoms with Gasteiger partial charge in [-0.1, -0.05) is 35.9 Å². The molecule has 0 aliphatic carbocycles. The predicted molar refractivity (Wildman–Crippen MR) is 90.9 cm³/mol. The van der Waals surface area contributed by atoms with Crippen LogP contribution in [0, 0.1) is 12.7 Å². The highest BCUT2D eigenvalue weighted by atomic mass is 19.1. The number of fused-ring (bicyclic) bond motifs is 1. The molecule has 0 saturated carbocycles. The smallest absolute Gasteiger partial charge is 0.123 e. The zero-order valence-electron chi connectivity index (χ0n) is 14.1. The number of halogens is 1. The van der Waals surface area contributed by atoms with Gasteiger partial charge >= 0.3 is 0 Å². The molecule has 0 spiro atoms. The first kappa shape index (κ1) is 16.2. The van der Waals surface area contributed by atoms with Gasteiger partial charge in [-0.2, -0.15) is 0 Å². The van der Waals surface area contributed by atoms with E-state index >= 15 is 0 Å². The molecule has 0 bridgehead atoms. The van der Waals surface area contributed by atoms with Gasteiger partial charge in [0.05, 0.1) is 6.61 Å². The normalized spacial score (nSPS) is 20.0. The Morgan fingerprint density at radius 2 is 1.87 bits per heavy atom. The summed E-state index contributed by atoms with van der Waals surface area (Å²) in [5.74, 6) is -0.209. The Morgan fingerprint density at radius 3 is 2.57 bits per heavy atom. The van der Waals surface area contributed by atoms with Crippen molar-refractivity contribution in [3.05, 3.63) is 70.5 Å². The van der Waals surface area contributed by atoms with Gasteiger partial charge in [0.1, 0.15) is 11.4 Å². The van der Waals surface area contributed by atoms with Gasteiger partial charge in [0.15, 0.2) is 0 Å². The molecule has 1 aliphatic rings. The van der Waals surface area contributed by atoms with E-state index in [0.717, 1.165) is 24.9 Å². The lowest BCUT2D eigenvalue weighted by molar-refractivity contribution is -0.0140. The minimum Gasteiger partial charge on any atom is -0.361 e. The fraction of sp³-hybridized carbons (Fsp3) is 0.400. The van der Waals surface area contributed by atoms with E-state index in [1.165, 1.54) is 28.8 Å². The predicted octanol–water partition coefficient (Wildman–Crippen LogP) is 4.25. The monoisotopic (exact) mass is 313 g/mol. The average molecular weight is 313 g/mol. The molecule has 0 saturated heterocycles. The topological polar surface area (TPSA) is 12.5 Å². The summed E-state index contributed by atoms with van der Waals surface area (Å²) >= 11 is 0. The zero-order chi connectivity index (χ0) is 16.4. The maximum absolute atomic E-state index is 13.4. The van der Waals surface area contributed by atoms with Gasteiger partial charge in [-0.05, 0) is 69.2 Å². The van der Waals surface area contributed by atoms with Crippen LogP contribution in [0.25, 0.3) is 0 Å². The van der Waals surface area contributed by atoms with E-state index in [1.54, 1.807) is 0 Å². The molecular weight excluding hydrogens is 289 g/mol. The minimum absolute atomic E-state index is 0.209. The highest BCUT2D eigenvalue weighted by molar-refractivity contribution is 5.45. The van der Waals surface area contributed by atoms with Crippen molar-refractivity contribution in [2.45, 2.75) is 32.0 Å². The molecule has 2 aromatic rings. The number of ether oxygens (including phenoxy) is 1. The van der Waals surface area contributed by atoms with Crippen molar-refractivity contribution in [1.29, 1.82) is 0 Å². The van der Waals surface area contributed by atoms with Crippen molar-refractivity contribution in [2.75, 3.05) is 20.6 Å². The molecule has 122 valence electrons. The Balaban J connectivity index is 2.00. The Labute approximate surface area is 137 Å². The summed E-state index contributed by atoms with van der Waals surface area (Å²) in [4.78, 5) is 2.18. The number of aryl methyl sites for hydroxylation is 1. The Kier molecular flexibility index (Phi) is 4.51. The van der Waals surface area contributed by atoms with Crippen LogP contribution in [0.3, 0.4) is 0 Å². The van der Waals surface area contributed by atoms with Gasteiger partial charge in [-0.3, -0.25) is 0 Å². The van der Waals surface area contributed by atoms with Crippen LogP contribution < -0.4 is 0 Å². The van der Waals surface area contributed by atoms with Crippen LogP contribution in [-0.4, -0.2) is 25.5 Å². The first-order valence-corrected chi connectivity index (χ1v) is 8.16. The van der Waals surface area contributed by atoms with Gasteiger partial charge < -0.3 is 9.64 Å². The SMILES string of the molecule is Cc1ccc2c(c1)CO[C@@]2(CCCN(C)C)c1ccc(F)cc1. The van der Waals surface area contributed by atoms with Crippen molar-refractivity contribution >= 4 is 0 Å². The highest BCUT2D eigenvalue weighted by Gasteiger charge is 2.41. The lowest BCUT2D eigenvalue weighted by Gasteiger charge is -2.31. The summed E-state index contributed by atoms with van der Waals surface area (Å²) in [6.07, 6.45) is 1.92. The molecular formula is C20H24FNO. The quantitative estimate of drug-likeness (QED) is 0.818. The molecule has 0 amide bonds. The maximum atomic E-state index is 13.4. The molecule has 2 nitrogen and oxygen atoms in total. The lowest BCUT2D eigenvalue weighted by Crippen LogP contribution is -2.28. The van der Waals surface area contributed by atoms with E-state index in [0.29, 0.717) is 6.61 Å². The minimum atomic E-state index is -0.452. The molecule has 23 heavy (non-hydrogen) atoms. The van der Waals surface area contributed by atoms with Crippen LogP contribution in [0.5, 0.6) is 0 Å². The van der Waals surface area contributed by atoms with E-state index in [9.17, 15) is 4.39 Å². The van der Waals surface area contributed by atoms with Crippen LogP contribution in [0.2, 0.25) is 0 Å². The van der Waals surface area contributed by atoms with Crippen molar-refractivity contribution < 1.29 is 9.13 Å². The van der Waals surface area contributed by atoms with E-state index in [4.69, 9.17) is 4.74 Å². The first-order chi connectivity index (χ1) is 11.0.